The Bertz CT molecular complexity index is 503. The minimum Gasteiger partial charge on any atom is -0.354 e. The molecule has 3 heterocycles. The monoisotopic (exact) mass is 342 g/mol. The average molecular weight is 343 g/mol. The Morgan fingerprint density at radius 1 is 1.50 bits per heavy atom. The van der Waals surface area contributed by atoms with Crippen LogP contribution >= 0.6 is 22.9 Å². The van der Waals surface area contributed by atoms with Gasteiger partial charge in [-0.1, -0.05) is 11.6 Å². The summed E-state index contributed by atoms with van der Waals surface area (Å²) >= 11 is 7.49. The molecule has 2 atom stereocenters. The van der Waals surface area contributed by atoms with Crippen molar-refractivity contribution in [3.8, 4) is 0 Å². The first-order chi connectivity index (χ1) is 10.7. The molecule has 22 heavy (non-hydrogen) atoms. The predicted octanol–water partition coefficient (Wildman–Crippen LogP) is 1.88. The van der Waals surface area contributed by atoms with Gasteiger partial charge in [0.25, 0.3) is 0 Å². The third kappa shape index (κ3) is 4.41. The first kappa shape index (κ1) is 16.2. The molecule has 0 spiro atoms. The lowest BCUT2D eigenvalue weighted by Gasteiger charge is -2.32. The molecule has 1 aromatic rings. The fraction of sp³-hybridized carbons (Fsp3) is 0.733. The topological polar surface area (TPSA) is 57.3 Å². The second-order valence-electron chi connectivity index (χ2n) is 6.20. The number of rotatable bonds is 5. The summed E-state index contributed by atoms with van der Waals surface area (Å²) in [6.45, 7) is 4.74. The van der Waals surface area contributed by atoms with E-state index in [1.165, 1.54) is 12.8 Å². The Kier molecular flexibility index (Phi) is 5.68. The van der Waals surface area contributed by atoms with E-state index in [0.717, 1.165) is 54.9 Å². The van der Waals surface area contributed by atoms with Gasteiger partial charge < -0.3 is 10.6 Å². The van der Waals surface area contributed by atoms with E-state index in [0.29, 0.717) is 5.92 Å². The van der Waals surface area contributed by atoms with Crippen LogP contribution in [0.1, 0.15) is 30.7 Å². The molecule has 3 rings (SSSR count). The third-order valence-electron chi connectivity index (χ3n) is 4.43. The summed E-state index contributed by atoms with van der Waals surface area (Å²) in [5.41, 5.74) is 0. The molecule has 1 aromatic heterocycles. The number of carbonyl (C=O) groups is 1. The number of aromatic nitrogens is 1. The number of likely N-dealkylation sites (tertiary alicyclic amines) is 1. The number of nitrogens with one attached hydrogen (secondary N) is 2. The number of amides is 1. The van der Waals surface area contributed by atoms with Gasteiger partial charge in [0.15, 0.2) is 0 Å². The van der Waals surface area contributed by atoms with E-state index in [4.69, 9.17) is 11.6 Å². The lowest BCUT2D eigenvalue weighted by Crippen LogP contribution is -2.45. The second kappa shape index (κ2) is 7.73. The van der Waals surface area contributed by atoms with Gasteiger partial charge in [-0.25, -0.2) is 4.98 Å². The number of thiazole rings is 1. The van der Waals surface area contributed by atoms with E-state index in [9.17, 15) is 4.79 Å². The molecule has 122 valence electrons. The van der Waals surface area contributed by atoms with Crippen LogP contribution in [0.3, 0.4) is 0 Å². The number of carbonyl (C=O) groups excluding carboxylic acids is 1. The smallest absolute Gasteiger partial charge is 0.237 e. The largest absolute Gasteiger partial charge is 0.354 e. The van der Waals surface area contributed by atoms with Gasteiger partial charge in [0, 0.05) is 13.1 Å². The van der Waals surface area contributed by atoms with E-state index >= 15 is 0 Å². The molecule has 2 saturated heterocycles. The van der Waals surface area contributed by atoms with Crippen LogP contribution in [0, 0.1) is 5.92 Å². The highest BCUT2D eigenvalue weighted by Gasteiger charge is 2.24. The maximum absolute atomic E-state index is 12.1. The van der Waals surface area contributed by atoms with Crippen molar-refractivity contribution in [3.63, 3.8) is 0 Å². The summed E-state index contributed by atoms with van der Waals surface area (Å²) < 4.78 is 0.750. The molecule has 2 N–H and O–H groups in total. The van der Waals surface area contributed by atoms with Crippen LogP contribution in [0.25, 0.3) is 0 Å². The molecule has 0 bridgehead atoms. The number of hydrogen-bond donors (Lipinski definition) is 2. The summed E-state index contributed by atoms with van der Waals surface area (Å²) in [5, 5.41) is 7.44. The van der Waals surface area contributed by atoms with Crippen LogP contribution in [0.15, 0.2) is 6.20 Å². The molecule has 0 saturated carbocycles. The number of halogens is 1. The van der Waals surface area contributed by atoms with Crippen molar-refractivity contribution in [2.24, 2.45) is 5.92 Å². The Morgan fingerprint density at radius 3 is 3.14 bits per heavy atom. The lowest BCUT2D eigenvalue weighted by atomic mass is 9.98. The van der Waals surface area contributed by atoms with Crippen molar-refractivity contribution in [1.29, 1.82) is 0 Å². The van der Waals surface area contributed by atoms with Gasteiger partial charge >= 0.3 is 0 Å². The standard InChI is InChI=1S/C15H23ClN4OS/c16-13-8-18-14(22-13)10-20-6-2-3-11(9-20)7-19-15(21)12-4-1-5-17-12/h8,11-12,17H,1-7,9-10H2,(H,19,21). The van der Waals surface area contributed by atoms with Crippen molar-refractivity contribution < 1.29 is 4.79 Å². The third-order valence-corrected chi connectivity index (χ3v) is 5.53. The summed E-state index contributed by atoms with van der Waals surface area (Å²) in [6.07, 6.45) is 6.16. The Balaban J connectivity index is 1.43. The quantitative estimate of drug-likeness (QED) is 0.857. The molecule has 0 aliphatic carbocycles. The van der Waals surface area contributed by atoms with Crippen molar-refractivity contribution in [2.75, 3.05) is 26.2 Å². The Morgan fingerprint density at radius 2 is 2.41 bits per heavy atom. The van der Waals surface area contributed by atoms with Gasteiger partial charge in [-0.15, -0.1) is 11.3 Å². The minimum absolute atomic E-state index is 0.0251. The van der Waals surface area contributed by atoms with E-state index in [1.54, 1.807) is 17.5 Å². The molecule has 5 nitrogen and oxygen atoms in total. The van der Waals surface area contributed by atoms with Gasteiger partial charge in [0.05, 0.1) is 18.8 Å². The zero-order valence-corrected chi connectivity index (χ0v) is 14.3. The Hall–Kier alpha value is -0.690. The van der Waals surface area contributed by atoms with Gasteiger partial charge in [0.2, 0.25) is 5.91 Å². The zero-order valence-electron chi connectivity index (χ0n) is 12.7. The van der Waals surface area contributed by atoms with Crippen LogP contribution in [0.2, 0.25) is 4.34 Å². The maximum Gasteiger partial charge on any atom is 0.237 e. The molecule has 2 aliphatic heterocycles. The van der Waals surface area contributed by atoms with Gasteiger partial charge in [0.1, 0.15) is 9.34 Å². The molecule has 0 radical (unpaired) electrons. The molecule has 7 heteroatoms. The Labute approximate surface area is 140 Å². The molecular weight excluding hydrogens is 320 g/mol. The summed E-state index contributed by atoms with van der Waals surface area (Å²) in [7, 11) is 0. The average Bonchev–Trinajstić information content (AvgIpc) is 3.17. The fourth-order valence-electron chi connectivity index (χ4n) is 3.29. The number of piperidine rings is 1. The van der Waals surface area contributed by atoms with E-state index in [2.05, 4.69) is 20.5 Å². The van der Waals surface area contributed by atoms with Gasteiger partial charge in [-0.3, -0.25) is 9.69 Å². The van der Waals surface area contributed by atoms with Crippen LogP contribution in [-0.4, -0.2) is 48.0 Å². The zero-order chi connectivity index (χ0) is 15.4. The minimum atomic E-state index is 0.0251. The highest BCUT2D eigenvalue weighted by atomic mass is 35.5. The number of nitrogens with zero attached hydrogens (tertiary/aromatic N) is 2. The first-order valence-electron chi connectivity index (χ1n) is 8.04. The predicted molar refractivity (Wildman–Crippen MR) is 89.2 cm³/mol. The number of hydrogen-bond acceptors (Lipinski definition) is 5. The SMILES string of the molecule is O=C(NCC1CCCN(Cc2ncc(Cl)s2)C1)C1CCCN1. The van der Waals surface area contributed by atoms with Crippen LogP contribution in [0.4, 0.5) is 0 Å². The molecule has 1 amide bonds. The highest BCUT2D eigenvalue weighted by molar-refractivity contribution is 7.15. The molecule has 2 aliphatic rings. The molecule has 2 fully saturated rings. The van der Waals surface area contributed by atoms with Crippen LogP contribution in [-0.2, 0) is 11.3 Å². The molecule has 0 aromatic carbocycles. The van der Waals surface area contributed by atoms with Crippen molar-refractivity contribution in [1.82, 2.24) is 20.5 Å². The van der Waals surface area contributed by atoms with E-state index in [1.807, 2.05) is 0 Å². The van der Waals surface area contributed by atoms with E-state index < -0.39 is 0 Å². The molecule has 2 unspecified atom stereocenters. The summed E-state index contributed by atoms with van der Waals surface area (Å²) in [6, 6.07) is 0.0251. The van der Waals surface area contributed by atoms with Crippen molar-refractivity contribution in [3.05, 3.63) is 15.5 Å². The summed E-state index contributed by atoms with van der Waals surface area (Å²) in [5.74, 6) is 0.705. The highest BCUT2D eigenvalue weighted by Crippen LogP contribution is 2.22. The van der Waals surface area contributed by atoms with E-state index in [-0.39, 0.29) is 11.9 Å². The normalized spacial score (nSPS) is 26.2. The molecular formula is C15H23ClN4OS. The summed E-state index contributed by atoms with van der Waals surface area (Å²) in [4.78, 5) is 18.8. The van der Waals surface area contributed by atoms with Crippen molar-refractivity contribution in [2.45, 2.75) is 38.3 Å². The first-order valence-corrected chi connectivity index (χ1v) is 9.24. The van der Waals surface area contributed by atoms with Crippen LogP contribution in [0.5, 0.6) is 0 Å². The maximum atomic E-state index is 12.1. The van der Waals surface area contributed by atoms with Crippen LogP contribution < -0.4 is 10.6 Å². The van der Waals surface area contributed by atoms with Crippen molar-refractivity contribution >= 4 is 28.8 Å². The fourth-order valence-corrected chi connectivity index (χ4v) is 4.29. The second-order valence-corrected chi connectivity index (χ2v) is 7.94. The van der Waals surface area contributed by atoms with Gasteiger partial charge in [-0.2, -0.15) is 0 Å². The van der Waals surface area contributed by atoms with Gasteiger partial charge in [-0.05, 0) is 44.7 Å². The lowest BCUT2D eigenvalue weighted by molar-refractivity contribution is -0.123.